The molecule has 0 amide bonds. The molecule has 0 N–H and O–H groups in total. The van der Waals surface area contributed by atoms with Crippen molar-refractivity contribution in [2.75, 3.05) is 34.7 Å². The average molecular weight is 233 g/mol. The number of nitrogens with zero attached hydrogens (tertiary/aromatic N) is 3. The Balaban J connectivity index is 2.55. The average Bonchev–Trinajstić information content (AvgIpc) is 2.25. The van der Waals surface area contributed by atoms with Crippen LogP contribution in [0.25, 0.3) is 0 Å². The van der Waals surface area contributed by atoms with Gasteiger partial charge in [0.25, 0.3) is 0 Å². The van der Waals surface area contributed by atoms with E-state index in [1.807, 2.05) is 38.0 Å². The molecule has 0 fully saturated rings. The van der Waals surface area contributed by atoms with Crippen LogP contribution in [0.15, 0.2) is 29.3 Å². The number of hydrogen-bond donors (Lipinski definition) is 0. The van der Waals surface area contributed by atoms with Crippen molar-refractivity contribution in [3.8, 4) is 0 Å². The SMILES string of the molecule is Cc1ccc(CCN=C(N(C)C)N(C)C)cc1. The second-order valence-corrected chi connectivity index (χ2v) is 4.71. The van der Waals surface area contributed by atoms with Gasteiger partial charge in [-0.3, -0.25) is 4.99 Å². The summed E-state index contributed by atoms with van der Waals surface area (Å²) in [5, 5.41) is 0. The van der Waals surface area contributed by atoms with E-state index < -0.39 is 0 Å². The van der Waals surface area contributed by atoms with E-state index in [0.717, 1.165) is 18.9 Å². The molecule has 1 rings (SSSR count). The first-order valence-corrected chi connectivity index (χ1v) is 5.95. The lowest BCUT2D eigenvalue weighted by Gasteiger charge is -2.22. The third kappa shape index (κ3) is 4.47. The third-order valence-corrected chi connectivity index (χ3v) is 2.57. The first-order chi connectivity index (χ1) is 8.00. The zero-order valence-electron chi connectivity index (χ0n) is 11.6. The van der Waals surface area contributed by atoms with Crippen LogP contribution in [0.1, 0.15) is 11.1 Å². The molecule has 0 unspecified atom stereocenters. The van der Waals surface area contributed by atoms with E-state index in [-0.39, 0.29) is 0 Å². The molecule has 0 saturated heterocycles. The summed E-state index contributed by atoms with van der Waals surface area (Å²) in [6.07, 6.45) is 0.992. The molecule has 0 aliphatic rings. The van der Waals surface area contributed by atoms with Gasteiger partial charge in [0.1, 0.15) is 0 Å². The maximum atomic E-state index is 4.61. The predicted molar refractivity (Wildman–Crippen MR) is 74.6 cm³/mol. The highest BCUT2D eigenvalue weighted by molar-refractivity contribution is 5.79. The molecule has 3 nitrogen and oxygen atoms in total. The molecule has 0 aliphatic carbocycles. The van der Waals surface area contributed by atoms with E-state index in [0.29, 0.717) is 0 Å². The summed E-state index contributed by atoms with van der Waals surface area (Å²) >= 11 is 0. The number of aliphatic imine (C=N–C) groups is 1. The standard InChI is InChI=1S/C14H23N3/c1-12-6-8-13(9-7-12)10-11-15-14(16(2)3)17(4)5/h6-9H,10-11H2,1-5H3. The molecule has 0 saturated carbocycles. The molecule has 3 heteroatoms. The largest absolute Gasteiger partial charge is 0.349 e. The first-order valence-electron chi connectivity index (χ1n) is 5.95. The number of hydrogen-bond acceptors (Lipinski definition) is 1. The van der Waals surface area contributed by atoms with Gasteiger partial charge in [-0.1, -0.05) is 29.8 Å². The maximum Gasteiger partial charge on any atom is 0.195 e. The van der Waals surface area contributed by atoms with Crippen molar-refractivity contribution in [1.29, 1.82) is 0 Å². The summed E-state index contributed by atoms with van der Waals surface area (Å²) in [7, 11) is 8.07. The molecule has 1 aromatic rings. The van der Waals surface area contributed by atoms with E-state index in [1.165, 1.54) is 11.1 Å². The van der Waals surface area contributed by atoms with Gasteiger partial charge in [-0.2, -0.15) is 0 Å². The Bertz CT molecular complexity index is 354. The Morgan fingerprint density at radius 2 is 1.53 bits per heavy atom. The Labute approximate surface area is 105 Å². The molecular weight excluding hydrogens is 210 g/mol. The Kier molecular flexibility index (Phi) is 5.01. The Hall–Kier alpha value is -1.51. The van der Waals surface area contributed by atoms with Crippen LogP contribution in [0.4, 0.5) is 0 Å². The normalized spacial score (nSPS) is 9.94. The molecule has 94 valence electrons. The van der Waals surface area contributed by atoms with Crippen molar-refractivity contribution in [3.63, 3.8) is 0 Å². The monoisotopic (exact) mass is 233 g/mol. The summed E-state index contributed by atoms with van der Waals surface area (Å²) in [4.78, 5) is 8.68. The van der Waals surface area contributed by atoms with Gasteiger partial charge in [-0.05, 0) is 18.9 Å². The minimum absolute atomic E-state index is 0.828. The fraction of sp³-hybridized carbons (Fsp3) is 0.500. The van der Waals surface area contributed by atoms with Crippen molar-refractivity contribution in [2.24, 2.45) is 4.99 Å². The van der Waals surface area contributed by atoms with Gasteiger partial charge < -0.3 is 9.80 Å². The smallest absolute Gasteiger partial charge is 0.195 e. The van der Waals surface area contributed by atoms with Gasteiger partial charge in [0.05, 0.1) is 0 Å². The van der Waals surface area contributed by atoms with Crippen LogP contribution in [0, 0.1) is 6.92 Å². The maximum absolute atomic E-state index is 4.61. The van der Waals surface area contributed by atoms with Gasteiger partial charge in [-0.15, -0.1) is 0 Å². The molecule has 0 atom stereocenters. The van der Waals surface area contributed by atoms with Gasteiger partial charge in [0.2, 0.25) is 0 Å². The molecule has 1 aromatic carbocycles. The molecule has 0 heterocycles. The fourth-order valence-electron chi connectivity index (χ4n) is 1.72. The highest BCUT2D eigenvalue weighted by atomic mass is 15.3. The summed E-state index contributed by atoms with van der Waals surface area (Å²) < 4.78 is 0. The van der Waals surface area contributed by atoms with Gasteiger partial charge in [-0.25, -0.2) is 0 Å². The molecule has 17 heavy (non-hydrogen) atoms. The van der Waals surface area contributed by atoms with Crippen LogP contribution in [0.2, 0.25) is 0 Å². The Morgan fingerprint density at radius 1 is 1.00 bits per heavy atom. The van der Waals surface area contributed by atoms with Crippen molar-refractivity contribution < 1.29 is 0 Å². The summed E-state index contributed by atoms with van der Waals surface area (Å²) in [5.41, 5.74) is 2.65. The Morgan fingerprint density at radius 3 is 2.00 bits per heavy atom. The zero-order valence-corrected chi connectivity index (χ0v) is 11.6. The summed E-state index contributed by atoms with van der Waals surface area (Å²) in [6, 6.07) is 8.65. The number of aryl methyl sites for hydroxylation is 1. The third-order valence-electron chi connectivity index (χ3n) is 2.57. The van der Waals surface area contributed by atoms with Crippen molar-refractivity contribution in [1.82, 2.24) is 9.80 Å². The van der Waals surface area contributed by atoms with E-state index in [1.54, 1.807) is 0 Å². The van der Waals surface area contributed by atoms with Crippen LogP contribution >= 0.6 is 0 Å². The zero-order chi connectivity index (χ0) is 12.8. The predicted octanol–water partition coefficient (Wildman–Crippen LogP) is 2.02. The molecule has 0 bridgehead atoms. The molecule has 0 radical (unpaired) electrons. The highest BCUT2D eigenvalue weighted by Crippen LogP contribution is 2.04. The topological polar surface area (TPSA) is 18.8 Å². The number of benzene rings is 1. The van der Waals surface area contributed by atoms with Gasteiger partial charge >= 0.3 is 0 Å². The van der Waals surface area contributed by atoms with E-state index in [2.05, 4.69) is 36.2 Å². The molecule has 0 aliphatic heterocycles. The minimum Gasteiger partial charge on any atom is -0.349 e. The van der Waals surface area contributed by atoms with Crippen LogP contribution in [0.3, 0.4) is 0 Å². The van der Waals surface area contributed by atoms with Gasteiger partial charge in [0, 0.05) is 34.7 Å². The van der Waals surface area contributed by atoms with Crippen LogP contribution in [0.5, 0.6) is 0 Å². The lowest BCUT2D eigenvalue weighted by atomic mass is 10.1. The van der Waals surface area contributed by atoms with E-state index in [4.69, 9.17) is 0 Å². The second-order valence-electron chi connectivity index (χ2n) is 4.71. The second kappa shape index (κ2) is 6.28. The summed E-state index contributed by atoms with van der Waals surface area (Å²) in [5.74, 6) is 1.01. The van der Waals surface area contributed by atoms with Crippen LogP contribution < -0.4 is 0 Å². The number of guanidine groups is 1. The quantitative estimate of drug-likeness (QED) is 0.587. The molecule has 0 spiro atoms. The minimum atomic E-state index is 0.828. The van der Waals surface area contributed by atoms with E-state index >= 15 is 0 Å². The van der Waals surface area contributed by atoms with Crippen molar-refractivity contribution in [2.45, 2.75) is 13.3 Å². The van der Waals surface area contributed by atoms with E-state index in [9.17, 15) is 0 Å². The lowest BCUT2D eigenvalue weighted by molar-refractivity contribution is 0.479. The van der Waals surface area contributed by atoms with Crippen molar-refractivity contribution >= 4 is 5.96 Å². The summed E-state index contributed by atoms with van der Waals surface area (Å²) in [6.45, 7) is 2.94. The molecule has 0 aromatic heterocycles. The number of rotatable bonds is 3. The molecular formula is C14H23N3. The lowest BCUT2D eigenvalue weighted by Crippen LogP contribution is -2.35. The van der Waals surface area contributed by atoms with Crippen LogP contribution in [-0.2, 0) is 6.42 Å². The van der Waals surface area contributed by atoms with Crippen LogP contribution in [-0.4, -0.2) is 50.5 Å². The van der Waals surface area contributed by atoms with Gasteiger partial charge in [0.15, 0.2) is 5.96 Å². The van der Waals surface area contributed by atoms with Crippen molar-refractivity contribution in [3.05, 3.63) is 35.4 Å². The fourth-order valence-corrected chi connectivity index (χ4v) is 1.72. The first kappa shape index (κ1) is 13.6. The highest BCUT2D eigenvalue weighted by Gasteiger charge is 2.03.